The van der Waals surface area contributed by atoms with Crippen LogP contribution in [0.25, 0.3) is 0 Å². The van der Waals surface area contributed by atoms with E-state index in [1.54, 1.807) is 0 Å². The molecule has 36 valence electrons. The van der Waals surface area contributed by atoms with Crippen LogP contribution in [0, 0.1) is 0 Å². The van der Waals surface area contributed by atoms with Gasteiger partial charge in [-0.3, -0.25) is 0 Å². The molecule has 0 saturated carbocycles. The summed E-state index contributed by atoms with van der Waals surface area (Å²) in [6, 6.07) is 0. The number of hydrogen-bond acceptors (Lipinski definition) is 0. The quantitative estimate of drug-likeness (QED) is 0.549. The third kappa shape index (κ3) is 21.3. The maximum Gasteiger partial charge on any atom is 0 e. The van der Waals surface area contributed by atoms with Crippen LogP contribution in [0.3, 0.4) is 0 Å². The molecule has 0 aliphatic rings. The Morgan fingerprint density at radius 2 is 0.400 bits per heavy atom. The van der Waals surface area contributed by atoms with Crippen molar-refractivity contribution >= 4 is 84.6 Å². The van der Waals surface area contributed by atoms with Crippen LogP contribution in [0.1, 0.15) is 0 Å². The van der Waals surface area contributed by atoms with Crippen LogP contribution in [0.4, 0.5) is 0 Å². The molecule has 0 spiro atoms. The predicted molar refractivity (Wildman–Crippen MR) is 33.3 cm³/mol. The van der Waals surface area contributed by atoms with E-state index in [1.807, 2.05) is 0 Å². The van der Waals surface area contributed by atoms with Gasteiger partial charge in [0.15, 0.2) is 0 Å². The van der Waals surface area contributed by atoms with Gasteiger partial charge in [0.1, 0.15) is 0 Å². The molecule has 0 bridgehead atoms. The van der Waals surface area contributed by atoms with Gasteiger partial charge in [-0.15, -0.1) is 37.2 Å². The van der Waals surface area contributed by atoms with Gasteiger partial charge in [-0.2, -0.15) is 0 Å². The molecule has 0 aliphatic heterocycles. The van der Waals surface area contributed by atoms with Gasteiger partial charge in [0.25, 0.3) is 0 Å². The van der Waals surface area contributed by atoms with Crippen molar-refractivity contribution in [3.05, 3.63) is 0 Å². The third-order valence-corrected chi connectivity index (χ3v) is 0. The van der Waals surface area contributed by atoms with Gasteiger partial charge in [0.05, 0.1) is 0 Å². The van der Waals surface area contributed by atoms with E-state index in [0.29, 0.717) is 0 Å². The molecule has 0 fully saturated rings. The summed E-state index contributed by atoms with van der Waals surface area (Å²) in [6.07, 6.45) is 0. The molecule has 0 aromatic rings. The second kappa shape index (κ2) is 31.9. The molecule has 0 N–H and O–H groups in total. The summed E-state index contributed by atoms with van der Waals surface area (Å²) >= 11 is 0. The van der Waals surface area contributed by atoms with E-state index >= 15 is 0 Å². The molecule has 5 heavy (non-hydrogen) atoms. The van der Waals surface area contributed by atoms with Crippen molar-refractivity contribution in [2.24, 2.45) is 0 Å². The van der Waals surface area contributed by atoms with Crippen molar-refractivity contribution in [2.45, 2.75) is 0 Å². The van der Waals surface area contributed by atoms with Crippen molar-refractivity contribution in [3.63, 3.8) is 0 Å². The van der Waals surface area contributed by atoms with Crippen LogP contribution in [0.2, 0.25) is 0 Å². The summed E-state index contributed by atoms with van der Waals surface area (Å²) < 4.78 is 0. The molecular weight excluding hydrogens is 362 g/mol. The topological polar surface area (TPSA) is 0 Å². The van der Waals surface area contributed by atoms with E-state index in [2.05, 4.69) is 0 Å². The smallest absolute Gasteiger partial charge is 0 e. The molecule has 0 saturated heterocycles. The van der Waals surface area contributed by atoms with E-state index in [0.717, 1.165) is 0 Å². The van der Waals surface area contributed by atoms with E-state index in [1.165, 1.54) is 0 Å². The Balaban J connectivity index is 0. The molecule has 0 atom stereocenters. The Bertz CT molecular complexity index is 4.85. The van der Waals surface area contributed by atoms with Crippen molar-refractivity contribution < 1.29 is 0 Å². The summed E-state index contributed by atoms with van der Waals surface area (Å²) in [5.74, 6) is 0. The van der Waals surface area contributed by atoms with E-state index in [-0.39, 0.29) is 84.6 Å². The number of halogens is 3. The number of hydrogen-bond donors (Lipinski definition) is 0. The zero-order valence-corrected chi connectivity index (χ0v) is 9.15. The Morgan fingerprint density at radius 1 is 0.400 bits per heavy atom. The van der Waals surface area contributed by atoms with Crippen LogP contribution in [-0.4, -0.2) is 47.3 Å². The van der Waals surface area contributed by atoms with E-state index in [9.17, 15) is 0 Å². The van der Waals surface area contributed by atoms with Gasteiger partial charge < -0.3 is 0 Å². The van der Waals surface area contributed by atoms with E-state index in [4.69, 9.17) is 0 Å². The second-order valence-corrected chi connectivity index (χ2v) is 0. The minimum Gasteiger partial charge on any atom is -0.147 e. The van der Waals surface area contributed by atoms with Crippen LogP contribution in [-0.2, 0) is 0 Å². The van der Waals surface area contributed by atoms with Gasteiger partial charge in [0, 0.05) is 47.3 Å². The molecule has 0 unspecified atom stereocenters. The fraction of sp³-hybridized carbons (Fsp3) is 0. The Hall–Kier alpha value is 2.45. The van der Waals surface area contributed by atoms with Gasteiger partial charge >= 0.3 is 0 Å². The molecule has 0 aliphatic carbocycles. The average molecular weight is 365 g/mol. The summed E-state index contributed by atoms with van der Waals surface area (Å²) in [4.78, 5) is 0. The van der Waals surface area contributed by atoms with Gasteiger partial charge in [-0.1, -0.05) is 0 Å². The first-order valence-corrected chi connectivity index (χ1v) is 0. The normalized spacial score (nSPS) is 0. The van der Waals surface area contributed by atoms with Crippen molar-refractivity contribution in [1.82, 2.24) is 0 Å². The van der Waals surface area contributed by atoms with Crippen LogP contribution >= 0.6 is 37.2 Å². The Labute approximate surface area is 83.5 Å². The van der Waals surface area contributed by atoms with Crippen molar-refractivity contribution in [2.75, 3.05) is 0 Å². The summed E-state index contributed by atoms with van der Waals surface area (Å²) in [7, 11) is 0. The zero-order chi connectivity index (χ0) is 0. The molecule has 0 aromatic carbocycles. The monoisotopic (exact) mass is 368 g/mol. The standard InChI is InChI=1S/3ClH.2Te/h3*1H;;. The van der Waals surface area contributed by atoms with Gasteiger partial charge in [-0.25, -0.2) is 0 Å². The average Bonchev–Trinajstić information content (AvgIpc) is 0. The molecule has 0 aromatic heterocycles. The molecule has 5 heteroatoms. The molecule has 4 radical (unpaired) electrons. The zero-order valence-electron chi connectivity index (χ0n) is 2.04. The third-order valence-electron chi connectivity index (χ3n) is 0. The predicted octanol–water partition coefficient (Wildman–Crippen LogP) is 0.504. The first kappa shape index (κ1) is 51.6. The maximum absolute atomic E-state index is 0. The van der Waals surface area contributed by atoms with E-state index < -0.39 is 0 Å². The van der Waals surface area contributed by atoms with Crippen LogP contribution in [0.5, 0.6) is 0 Å². The number of rotatable bonds is 0. The van der Waals surface area contributed by atoms with Crippen LogP contribution < -0.4 is 0 Å². The fourth-order valence-electron chi connectivity index (χ4n) is 0. The summed E-state index contributed by atoms with van der Waals surface area (Å²) in [6.45, 7) is 0. The Kier molecular flexibility index (Phi) is 330. The van der Waals surface area contributed by atoms with Gasteiger partial charge in [-0.05, 0) is 0 Å². The molecule has 0 nitrogen and oxygen atoms in total. The SMILES string of the molecule is Cl.Cl.Cl.[Te].[Te]. The second-order valence-electron chi connectivity index (χ2n) is 0. The van der Waals surface area contributed by atoms with Gasteiger partial charge in [0.2, 0.25) is 0 Å². The first-order valence-electron chi connectivity index (χ1n) is 0. The first-order chi connectivity index (χ1) is 0. The fourth-order valence-corrected chi connectivity index (χ4v) is 0. The summed E-state index contributed by atoms with van der Waals surface area (Å²) in [5, 5.41) is 0. The molecule has 0 heterocycles. The molecule has 0 amide bonds. The van der Waals surface area contributed by atoms with Crippen molar-refractivity contribution in [1.29, 1.82) is 0 Å². The summed E-state index contributed by atoms with van der Waals surface area (Å²) in [5.41, 5.74) is 0. The minimum atomic E-state index is 0. The maximum atomic E-state index is 0. The molecular formula is H3Cl3Te2. The minimum absolute atomic E-state index is 0. The van der Waals surface area contributed by atoms with Crippen molar-refractivity contribution in [3.8, 4) is 0 Å². The van der Waals surface area contributed by atoms with Crippen LogP contribution in [0.15, 0.2) is 0 Å². The largest absolute Gasteiger partial charge is 0.147 e. The Morgan fingerprint density at radius 3 is 0.400 bits per heavy atom. The molecule has 0 rings (SSSR count).